The molecule has 0 saturated heterocycles. The zero-order chi connectivity index (χ0) is 14.8. The van der Waals surface area contributed by atoms with E-state index in [0.717, 1.165) is 29.2 Å². The van der Waals surface area contributed by atoms with Crippen molar-refractivity contribution in [2.45, 2.75) is 32.9 Å². The molecular formula is C15H18N4OS. The van der Waals surface area contributed by atoms with Crippen molar-refractivity contribution in [1.82, 2.24) is 10.3 Å². The largest absolute Gasteiger partial charge is 0.298 e. The van der Waals surface area contributed by atoms with Crippen LogP contribution in [0.4, 0.5) is 0 Å². The SMILES string of the molecule is CCCSC1=NN2C(=c3ccccc3=N[C@@H]2CC)C(=O)N1. The third-order valence-electron chi connectivity index (χ3n) is 3.40. The molecule has 1 aromatic rings. The highest BCUT2D eigenvalue weighted by atomic mass is 32.2. The Morgan fingerprint density at radius 3 is 2.90 bits per heavy atom. The molecule has 5 nitrogen and oxygen atoms in total. The normalized spacial score (nSPS) is 20.2. The molecule has 3 rings (SSSR count). The Balaban J connectivity index is 2.12. The summed E-state index contributed by atoms with van der Waals surface area (Å²) >= 11 is 1.57. The average Bonchev–Trinajstić information content (AvgIpc) is 2.51. The van der Waals surface area contributed by atoms with Crippen LogP contribution < -0.4 is 15.9 Å². The number of hydrazone groups is 1. The molecule has 0 radical (unpaired) electrons. The first-order chi connectivity index (χ1) is 10.2. The molecule has 1 atom stereocenters. The third kappa shape index (κ3) is 2.55. The van der Waals surface area contributed by atoms with Crippen molar-refractivity contribution in [2.24, 2.45) is 10.1 Å². The monoisotopic (exact) mass is 302 g/mol. The van der Waals surface area contributed by atoms with Gasteiger partial charge in [-0.1, -0.05) is 43.8 Å². The molecule has 2 aliphatic rings. The molecule has 0 saturated carbocycles. The van der Waals surface area contributed by atoms with Crippen LogP contribution in [0, 0.1) is 0 Å². The summed E-state index contributed by atoms with van der Waals surface area (Å²) in [6.07, 6.45) is 1.74. The molecule has 1 amide bonds. The van der Waals surface area contributed by atoms with Crippen molar-refractivity contribution in [2.75, 3.05) is 5.75 Å². The molecule has 110 valence electrons. The molecule has 1 aromatic carbocycles. The number of carbonyl (C=O) groups excluding carboxylic acids is 1. The van der Waals surface area contributed by atoms with E-state index in [0.29, 0.717) is 10.9 Å². The smallest absolute Gasteiger partial charge is 0.276 e. The number of fused-ring (bicyclic) bond motifs is 2. The van der Waals surface area contributed by atoms with Crippen LogP contribution in [-0.4, -0.2) is 28.0 Å². The van der Waals surface area contributed by atoms with Gasteiger partial charge in [0.25, 0.3) is 5.91 Å². The van der Waals surface area contributed by atoms with Gasteiger partial charge >= 0.3 is 0 Å². The predicted molar refractivity (Wildman–Crippen MR) is 84.9 cm³/mol. The summed E-state index contributed by atoms with van der Waals surface area (Å²) in [7, 11) is 0. The second-order valence-electron chi connectivity index (χ2n) is 4.94. The maximum atomic E-state index is 12.5. The van der Waals surface area contributed by atoms with Gasteiger partial charge in [0.15, 0.2) is 5.17 Å². The molecule has 2 heterocycles. The minimum Gasteiger partial charge on any atom is -0.298 e. The van der Waals surface area contributed by atoms with Gasteiger partial charge in [0.05, 0.1) is 5.36 Å². The van der Waals surface area contributed by atoms with Gasteiger partial charge in [-0.25, -0.2) is 5.01 Å². The van der Waals surface area contributed by atoms with E-state index in [2.05, 4.69) is 24.3 Å². The van der Waals surface area contributed by atoms with E-state index in [9.17, 15) is 4.79 Å². The van der Waals surface area contributed by atoms with E-state index in [4.69, 9.17) is 4.99 Å². The minimum atomic E-state index is -0.113. The van der Waals surface area contributed by atoms with Crippen molar-refractivity contribution in [3.05, 3.63) is 34.8 Å². The van der Waals surface area contributed by atoms with E-state index < -0.39 is 0 Å². The van der Waals surface area contributed by atoms with Crippen molar-refractivity contribution < 1.29 is 4.79 Å². The van der Waals surface area contributed by atoms with Crippen LogP contribution in [0.2, 0.25) is 0 Å². The van der Waals surface area contributed by atoms with Gasteiger partial charge in [-0.15, -0.1) is 5.10 Å². The summed E-state index contributed by atoms with van der Waals surface area (Å²) in [4.78, 5) is 17.2. The van der Waals surface area contributed by atoms with E-state index >= 15 is 0 Å². The lowest BCUT2D eigenvalue weighted by Crippen LogP contribution is -2.52. The van der Waals surface area contributed by atoms with Crippen LogP contribution in [0.5, 0.6) is 0 Å². The van der Waals surface area contributed by atoms with E-state index in [1.165, 1.54) is 0 Å². The Hall–Kier alpha value is -1.82. The Morgan fingerprint density at radius 1 is 1.33 bits per heavy atom. The molecule has 0 unspecified atom stereocenters. The van der Waals surface area contributed by atoms with Crippen LogP contribution in [0.15, 0.2) is 34.4 Å². The van der Waals surface area contributed by atoms with Gasteiger partial charge in [0, 0.05) is 11.0 Å². The van der Waals surface area contributed by atoms with Gasteiger partial charge in [-0.05, 0) is 18.9 Å². The molecule has 2 aliphatic heterocycles. The second-order valence-corrected chi connectivity index (χ2v) is 6.02. The first-order valence-electron chi connectivity index (χ1n) is 7.23. The van der Waals surface area contributed by atoms with Gasteiger partial charge in [-0.2, -0.15) is 0 Å². The molecular weight excluding hydrogens is 284 g/mol. The molecule has 21 heavy (non-hydrogen) atoms. The first-order valence-corrected chi connectivity index (χ1v) is 8.22. The van der Waals surface area contributed by atoms with Crippen molar-refractivity contribution in [3.63, 3.8) is 0 Å². The lowest BCUT2D eigenvalue weighted by Gasteiger charge is -2.33. The van der Waals surface area contributed by atoms with Gasteiger partial charge < -0.3 is 0 Å². The Morgan fingerprint density at radius 2 is 2.14 bits per heavy atom. The molecule has 0 aliphatic carbocycles. The van der Waals surface area contributed by atoms with Crippen LogP contribution in [0.25, 0.3) is 5.70 Å². The van der Waals surface area contributed by atoms with Crippen molar-refractivity contribution in [3.8, 4) is 0 Å². The summed E-state index contributed by atoms with van der Waals surface area (Å²) in [6.45, 7) is 4.16. The number of amidine groups is 1. The van der Waals surface area contributed by atoms with Crippen LogP contribution in [-0.2, 0) is 4.79 Å². The fourth-order valence-electron chi connectivity index (χ4n) is 2.42. The highest BCUT2D eigenvalue weighted by Gasteiger charge is 2.32. The summed E-state index contributed by atoms with van der Waals surface area (Å²) in [6, 6.07) is 7.73. The fraction of sp³-hybridized carbons (Fsp3) is 0.400. The zero-order valence-electron chi connectivity index (χ0n) is 12.2. The standard InChI is InChI=1S/C15H18N4OS/c1-3-9-21-15-17-14(20)13-10-7-5-6-8-11(10)16-12(4-2)19(13)18-15/h5-8,12H,3-4,9H2,1-2H3,(H,17,18,20)/t12-/m0/s1. The topological polar surface area (TPSA) is 57.1 Å². The number of para-hydroxylation sites is 1. The maximum absolute atomic E-state index is 12.5. The van der Waals surface area contributed by atoms with Gasteiger partial charge in [0.1, 0.15) is 11.9 Å². The number of rotatable bonds is 3. The molecule has 1 N–H and O–H groups in total. The molecule has 0 aromatic heterocycles. The van der Waals surface area contributed by atoms with Gasteiger partial charge in [0.2, 0.25) is 0 Å². The number of carbonyl (C=O) groups is 1. The van der Waals surface area contributed by atoms with E-state index in [1.54, 1.807) is 16.8 Å². The van der Waals surface area contributed by atoms with E-state index in [-0.39, 0.29) is 12.1 Å². The number of nitrogens with one attached hydrogen (secondary N) is 1. The number of benzene rings is 1. The number of amides is 1. The molecule has 0 spiro atoms. The number of nitrogens with zero attached hydrogens (tertiary/aromatic N) is 3. The van der Waals surface area contributed by atoms with Crippen molar-refractivity contribution >= 4 is 28.5 Å². The Labute approximate surface area is 127 Å². The minimum absolute atomic E-state index is 0.0931. The Bertz CT molecular complexity index is 713. The molecule has 0 fully saturated rings. The average molecular weight is 302 g/mol. The lowest BCUT2D eigenvalue weighted by molar-refractivity contribution is -0.116. The third-order valence-corrected chi connectivity index (χ3v) is 4.47. The lowest BCUT2D eigenvalue weighted by atomic mass is 10.1. The predicted octanol–water partition coefficient (Wildman–Crippen LogP) is 1.01. The number of hydrogen-bond donors (Lipinski definition) is 1. The quantitative estimate of drug-likeness (QED) is 0.906. The van der Waals surface area contributed by atoms with Crippen LogP contribution in [0.1, 0.15) is 26.7 Å². The summed E-state index contributed by atoms with van der Waals surface area (Å²) in [5.41, 5.74) is 0.605. The highest BCUT2D eigenvalue weighted by Crippen LogP contribution is 2.21. The fourth-order valence-corrected chi connectivity index (χ4v) is 3.13. The van der Waals surface area contributed by atoms with Gasteiger partial charge in [-0.3, -0.25) is 15.1 Å². The second kappa shape index (κ2) is 5.89. The number of hydrogen-bond acceptors (Lipinski definition) is 5. The zero-order valence-corrected chi connectivity index (χ0v) is 13.0. The van der Waals surface area contributed by atoms with E-state index in [1.807, 2.05) is 24.3 Å². The summed E-state index contributed by atoms with van der Waals surface area (Å²) < 4.78 is 0. The molecule has 0 bridgehead atoms. The molecule has 6 heteroatoms. The highest BCUT2D eigenvalue weighted by molar-refractivity contribution is 8.13. The summed E-state index contributed by atoms with van der Waals surface area (Å²) in [5.74, 6) is 0.844. The van der Waals surface area contributed by atoms with Crippen LogP contribution in [0.3, 0.4) is 0 Å². The van der Waals surface area contributed by atoms with Crippen LogP contribution >= 0.6 is 11.8 Å². The summed E-state index contributed by atoms with van der Waals surface area (Å²) in [5, 5.41) is 11.6. The Kier molecular flexibility index (Phi) is 3.96. The number of thioether (sulfide) groups is 1. The first kappa shape index (κ1) is 14.1. The maximum Gasteiger partial charge on any atom is 0.276 e. The van der Waals surface area contributed by atoms with Crippen molar-refractivity contribution in [1.29, 1.82) is 0 Å².